The van der Waals surface area contributed by atoms with Crippen LogP contribution < -0.4 is 4.74 Å². The smallest absolute Gasteiger partial charge is 0.352 e. The van der Waals surface area contributed by atoms with Gasteiger partial charge in [0.05, 0.1) is 28.6 Å². The number of nitrogens with zero attached hydrogens (tertiary/aromatic N) is 7. The van der Waals surface area contributed by atoms with Crippen molar-refractivity contribution in [3.63, 3.8) is 0 Å². The Morgan fingerprint density at radius 3 is 2.88 bits per heavy atom. The molecule has 3 aromatic heterocycles. The third kappa shape index (κ3) is 4.50. The van der Waals surface area contributed by atoms with Crippen LogP contribution in [0.15, 0.2) is 6.20 Å². The zero-order valence-corrected chi connectivity index (χ0v) is 19.4. The average molecular weight is 484 g/mol. The van der Waals surface area contributed by atoms with Crippen molar-refractivity contribution in [2.45, 2.75) is 58.2 Å². The van der Waals surface area contributed by atoms with Crippen LogP contribution in [-0.2, 0) is 11.3 Å². The van der Waals surface area contributed by atoms with E-state index in [2.05, 4.69) is 20.2 Å². The molecule has 0 amide bonds. The molecule has 0 aromatic carbocycles. The standard InChI is InChI=1S/C19H23Cl2N7O4/c1-11-14(28(29)30)17(25-27(11)12-5-8-32-19(2,3)9-12)31-7-4-6-26-16-13(15(20)24-26)10-22-18(21)23-16/h10,12H,4-9H2,1-3H3. The summed E-state index contributed by atoms with van der Waals surface area (Å²) in [7, 11) is 0. The minimum atomic E-state index is -0.446. The van der Waals surface area contributed by atoms with E-state index in [9.17, 15) is 10.1 Å². The molecular formula is C19H23Cl2N7O4. The Hall–Kier alpha value is -2.50. The first-order valence-electron chi connectivity index (χ1n) is 10.2. The van der Waals surface area contributed by atoms with Crippen molar-refractivity contribution >= 4 is 39.9 Å². The maximum absolute atomic E-state index is 11.7. The Balaban J connectivity index is 1.47. The van der Waals surface area contributed by atoms with E-state index >= 15 is 0 Å². The van der Waals surface area contributed by atoms with E-state index in [4.69, 9.17) is 32.7 Å². The quantitative estimate of drug-likeness (QED) is 0.212. The second-order valence-corrected chi connectivity index (χ2v) is 8.98. The second-order valence-electron chi connectivity index (χ2n) is 8.29. The van der Waals surface area contributed by atoms with Crippen LogP contribution in [0.1, 0.15) is 44.8 Å². The Kier molecular flexibility index (Phi) is 6.24. The normalized spacial score (nSPS) is 18.2. The van der Waals surface area contributed by atoms with Gasteiger partial charge >= 0.3 is 11.6 Å². The first-order valence-corrected chi connectivity index (χ1v) is 11.0. The van der Waals surface area contributed by atoms with Gasteiger partial charge in [-0.25, -0.2) is 9.67 Å². The largest absolute Gasteiger partial charge is 0.472 e. The number of aromatic nitrogens is 6. The summed E-state index contributed by atoms with van der Waals surface area (Å²) in [5.41, 5.74) is 0.575. The van der Waals surface area contributed by atoms with Crippen LogP contribution in [0, 0.1) is 17.0 Å². The van der Waals surface area contributed by atoms with Gasteiger partial charge in [-0.3, -0.25) is 14.8 Å². The lowest BCUT2D eigenvalue weighted by molar-refractivity contribution is -0.386. The van der Waals surface area contributed by atoms with Gasteiger partial charge in [-0.1, -0.05) is 11.6 Å². The Morgan fingerprint density at radius 1 is 1.38 bits per heavy atom. The van der Waals surface area contributed by atoms with Crippen molar-refractivity contribution in [1.82, 2.24) is 29.5 Å². The van der Waals surface area contributed by atoms with Crippen LogP contribution >= 0.6 is 23.2 Å². The average Bonchev–Trinajstić information content (AvgIpc) is 3.21. The molecule has 11 nitrogen and oxygen atoms in total. The van der Waals surface area contributed by atoms with E-state index in [1.165, 1.54) is 6.20 Å². The molecular weight excluding hydrogens is 461 g/mol. The summed E-state index contributed by atoms with van der Waals surface area (Å²) in [6, 6.07) is 0.0109. The number of ether oxygens (including phenoxy) is 2. The SMILES string of the molecule is Cc1c([N+](=O)[O-])c(OCCCn2nc(Cl)c3cnc(Cl)nc32)nn1C1CCOC(C)(C)C1. The van der Waals surface area contributed by atoms with E-state index < -0.39 is 4.92 Å². The highest BCUT2D eigenvalue weighted by molar-refractivity contribution is 6.34. The summed E-state index contributed by atoms with van der Waals surface area (Å²) in [4.78, 5) is 19.3. The summed E-state index contributed by atoms with van der Waals surface area (Å²) >= 11 is 12.0. The van der Waals surface area contributed by atoms with E-state index in [0.29, 0.717) is 42.7 Å². The van der Waals surface area contributed by atoms with Gasteiger partial charge in [0.2, 0.25) is 5.28 Å². The van der Waals surface area contributed by atoms with Gasteiger partial charge in [0, 0.05) is 25.8 Å². The van der Waals surface area contributed by atoms with Crippen LogP contribution in [0.4, 0.5) is 5.69 Å². The topological polar surface area (TPSA) is 123 Å². The molecule has 0 bridgehead atoms. The number of hydrogen-bond acceptors (Lipinski definition) is 8. The minimum Gasteiger partial charge on any atom is -0.472 e. The number of hydrogen-bond donors (Lipinski definition) is 0. The molecule has 172 valence electrons. The van der Waals surface area contributed by atoms with Gasteiger partial charge in [-0.2, -0.15) is 10.1 Å². The number of rotatable bonds is 7. The number of nitro groups is 1. The predicted octanol–water partition coefficient (Wildman–Crippen LogP) is 4.15. The van der Waals surface area contributed by atoms with Gasteiger partial charge in [0.25, 0.3) is 0 Å². The van der Waals surface area contributed by atoms with Crippen LogP contribution in [-0.4, -0.2) is 53.3 Å². The highest BCUT2D eigenvalue weighted by Gasteiger charge is 2.35. The molecule has 1 unspecified atom stereocenters. The lowest BCUT2D eigenvalue weighted by Crippen LogP contribution is -2.35. The molecule has 0 spiro atoms. The molecule has 0 N–H and O–H groups in total. The van der Waals surface area contributed by atoms with E-state index in [0.717, 1.165) is 6.42 Å². The van der Waals surface area contributed by atoms with Gasteiger partial charge in [-0.15, -0.1) is 5.10 Å². The zero-order chi connectivity index (χ0) is 23.0. The zero-order valence-electron chi connectivity index (χ0n) is 17.9. The molecule has 1 atom stereocenters. The van der Waals surface area contributed by atoms with Gasteiger partial charge in [0.1, 0.15) is 5.69 Å². The van der Waals surface area contributed by atoms with Crippen LogP contribution in [0.25, 0.3) is 11.0 Å². The highest BCUT2D eigenvalue weighted by Crippen LogP contribution is 2.37. The molecule has 13 heteroatoms. The van der Waals surface area contributed by atoms with Crippen molar-refractivity contribution in [3.05, 3.63) is 32.4 Å². The maximum atomic E-state index is 11.7. The summed E-state index contributed by atoms with van der Waals surface area (Å²) in [6.45, 7) is 6.92. The maximum Gasteiger partial charge on any atom is 0.352 e. The number of halogens is 2. The summed E-state index contributed by atoms with van der Waals surface area (Å²) in [5, 5.41) is 21.4. The Labute approximate surface area is 193 Å². The van der Waals surface area contributed by atoms with E-state index in [1.54, 1.807) is 16.3 Å². The molecule has 0 saturated carbocycles. The lowest BCUT2D eigenvalue weighted by atomic mass is 9.94. The van der Waals surface area contributed by atoms with Crippen molar-refractivity contribution in [1.29, 1.82) is 0 Å². The molecule has 4 rings (SSSR count). The number of fused-ring (bicyclic) bond motifs is 1. The van der Waals surface area contributed by atoms with Gasteiger partial charge in [-0.05, 0) is 45.2 Å². The summed E-state index contributed by atoms with van der Waals surface area (Å²) < 4.78 is 14.8. The van der Waals surface area contributed by atoms with Crippen molar-refractivity contribution in [3.8, 4) is 5.88 Å². The van der Waals surface area contributed by atoms with Crippen LogP contribution in [0.3, 0.4) is 0 Å². The minimum absolute atomic E-state index is 0.0109. The fraction of sp³-hybridized carbons (Fsp3) is 0.579. The Morgan fingerprint density at radius 2 is 2.16 bits per heavy atom. The van der Waals surface area contributed by atoms with E-state index in [-0.39, 0.29) is 40.3 Å². The third-order valence-corrected chi connectivity index (χ3v) is 5.92. The molecule has 0 radical (unpaired) electrons. The van der Waals surface area contributed by atoms with E-state index in [1.807, 2.05) is 13.8 Å². The molecule has 1 fully saturated rings. The van der Waals surface area contributed by atoms with Crippen molar-refractivity contribution in [2.75, 3.05) is 13.2 Å². The first kappa shape index (κ1) is 22.7. The molecule has 1 aliphatic heterocycles. The predicted molar refractivity (Wildman–Crippen MR) is 117 cm³/mol. The fourth-order valence-electron chi connectivity index (χ4n) is 4.00. The Bertz CT molecular complexity index is 1160. The molecule has 3 aromatic rings. The second kappa shape index (κ2) is 8.80. The van der Waals surface area contributed by atoms with Gasteiger partial charge in [0.15, 0.2) is 10.8 Å². The highest BCUT2D eigenvalue weighted by atomic mass is 35.5. The van der Waals surface area contributed by atoms with Crippen LogP contribution in [0.2, 0.25) is 10.4 Å². The van der Waals surface area contributed by atoms with Crippen molar-refractivity contribution in [2.24, 2.45) is 0 Å². The molecule has 1 saturated heterocycles. The first-order chi connectivity index (χ1) is 15.2. The van der Waals surface area contributed by atoms with Crippen molar-refractivity contribution < 1.29 is 14.4 Å². The summed E-state index contributed by atoms with van der Waals surface area (Å²) in [5.74, 6) is 0.0190. The third-order valence-electron chi connectivity index (χ3n) is 5.45. The molecule has 32 heavy (non-hydrogen) atoms. The monoisotopic (exact) mass is 483 g/mol. The van der Waals surface area contributed by atoms with Crippen LogP contribution in [0.5, 0.6) is 5.88 Å². The van der Waals surface area contributed by atoms with Gasteiger partial charge < -0.3 is 9.47 Å². The molecule has 0 aliphatic carbocycles. The number of aryl methyl sites for hydroxylation is 1. The fourth-order valence-corrected chi connectivity index (χ4v) is 4.35. The lowest BCUT2D eigenvalue weighted by Gasteiger charge is -2.35. The molecule has 4 heterocycles. The molecule has 1 aliphatic rings. The summed E-state index contributed by atoms with van der Waals surface area (Å²) in [6.07, 6.45) is 3.47.